The molecule has 0 radical (unpaired) electrons. The number of amides is 1. The van der Waals surface area contributed by atoms with E-state index in [2.05, 4.69) is 5.32 Å². The number of esters is 3. The predicted molar refractivity (Wildman–Crippen MR) is 117 cm³/mol. The van der Waals surface area contributed by atoms with Gasteiger partial charge in [-0.1, -0.05) is 13.8 Å². The van der Waals surface area contributed by atoms with Crippen LogP contribution < -0.4 is 11.1 Å². The van der Waals surface area contributed by atoms with Crippen LogP contribution in [0.25, 0.3) is 0 Å². The highest BCUT2D eigenvalue weighted by atomic mass is 16.7. The summed E-state index contributed by atoms with van der Waals surface area (Å²) in [4.78, 5) is 47.1. The van der Waals surface area contributed by atoms with E-state index in [-0.39, 0.29) is 12.0 Å². The summed E-state index contributed by atoms with van der Waals surface area (Å²) in [5, 5.41) is 2.69. The summed E-state index contributed by atoms with van der Waals surface area (Å²) in [6.45, 7) is 12.7. The molecule has 11 nitrogen and oxygen atoms in total. The van der Waals surface area contributed by atoms with Crippen LogP contribution in [-0.4, -0.2) is 73.2 Å². The summed E-state index contributed by atoms with van der Waals surface area (Å²) in [5.41, 5.74) is 4.84. The molecule has 11 heteroatoms. The number of ether oxygens (including phenoxy) is 5. The molecule has 0 aromatic rings. The minimum atomic E-state index is -1.16. The zero-order valence-electron chi connectivity index (χ0n) is 20.8. The average Bonchev–Trinajstić information content (AvgIpc) is 2.62. The lowest BCUT2D eigenvalue weighted by atomic mass is 9.81. The van der Waals surface area contributed by atoms with Crippen LogP contribution in [0.4, 0.5) is 0 Å². The number of nitrogens with two attached hydrogens (primary N) is 1. The first kappa shape index (κ1) is 28.8. The van der Waals surface area contributed by atoms with Gasteiger partial charge in [0.2, 0.25) is 5.91 Å². The Morgan fingerprint density at radius 3 is 1.91 bits per heavy atom. The van der Waals surface area contributed by atoms with E-state index in [1.54, 1.807) is 0 Å². The second kappa shape index (κ2) is 11.8. The standard InChI is InChI=1S/C22H38N2O9/c1-12(25)24-17-19(31-15(4)28)18(30-14(3)27)16(9-29-13(2)26)32-20(17)33-22(7,8)10-21(5,6)11-23/h16-20H,9-11,23H2,1-8H3,(H,24,25). The van der Waals surface area contributed by atoms with Gasteiger partial charge in [-0.2, -0.15) is 0 Å². The summed E-state index contributed by atoms with van der Waals surface area (Å²) >= 11 is 0. The first-order valence-electron chi connectivity index (χ1n) is 10.8. The van der Waals surface area contributed by atoms with E-state index in [1.165, 1.54) is 27.7 Å². The summed E-state index contributed by atoms with van der Waals surface area (Å²) in [7, 11) is 0. The van der Waals surface area contributed by atoms with Crippen LogP contribution in [0.1, 0.15) is 61.8 Å². The minimum Gasteiger partial charge on any atom is -0.463 e. The third-order valence-electron chi connectivity index (χ3n) is 4.96. The Balaban J connectivity index is 3.40. The van der Waals surface area contributed by atoms with Gasteiger partial charge in [0.15, 0.2) is 18.5 Å². The molecule has 0 bridgehead atoms. The van der Waals surface area contributed by atoms with E-state index in [0.717, 1.165) is 0 Å². The Morgan fingerprint density at radius 1 is 0.909 bits per heavy atom. The molecular weight excluding hydrogens is 436 g/mol. The molecule has 1 aliphatic rings. The van der Waals surface area contributed by atoms with Gasteiger partial charge < -0.3 is 34.7 Å². The quantitative estimate of drug-likeness (QED) is 0.343. The van der Waals surface area contributed by atoms with E-state index < -0.39 is 60.1 Å². The van der Waals surface area contributed by atoms with Crippen LogP contribution in [0, 0.1) is 5.41 Å². The second-order valence-electron chi connectivity index (χ2n) is 9.64. The smallest absolute Gasteiger partial charge is 0.303 e. The summed E-state index contributed by atoms with van der Waals surface area (Å²) in [5.74, 6) is -2.34. The van der Waals surface area contributed by atoms with Crippen LogP contribution in [0.2, 0.25) is 0 Å². The lowest BCUT2D eigenvalue weighted by Crippen LogP contribution is -2.67. The van der Waals surface area contributed by atoms with Crippen LogP contribution in [0.15, 0.2) is 0 Å². The highest BCUT2D eigenvalue weighted by Crippen LogP contribution is 2.34. The van der Waals surface area contributed by atoms with E-state index in [0.29, 0.717) is 13.0 Å². The largest absolute Gasteiger partial charge is 0.463 e. The van der Waals surface area contributed by atoms with Gasteiger partial charge in [0.25, 0.3) is 0 Å². The van der Waals surface area contributed by atoms with Crippen LogP contribution in [0.3, 0.4) is 0 Å². The van der Waals surface area contributed by atoms with Gasteiger partial charge in [-0.25, -0.2) is 0 Å². The molecule has 0 aromatic carbocycles. The van der Waals surface area contributed by atoms with E-state index in [4.69, 9.17) is 29.4 Å². The van der Waals surface area contributed by atoms with Gasteiger partial charge in [0.05, 0.1) is 5.60 Å². The fraction of sp³-hybridized carbons (Fsp3) is 0.818. The monoisotopic (exact) mass is 474 g/mol. The molecule has 1 rings (SSSR count). The first-order valence-corrected chi connectivity index (χ1v) is 10.8. The van der Waals surface area contributed by atoms with Crippen LogP contribution in [0.5, 0.6) is 0 Å². The zero-order chi connectivity index (χ0) is 25.6. The van der Waals surface area contributed by atoms with Crippen molar-refractivity contribution in [3.05, 3.63) is 0 Å². The molecule has 1 amide bonds. The molecule has 3 N–H and O–H groups in total. The van der Waals surface area contributed by atoms with Crippen molar-refractivity contribution in [2.24, 2.45) is 11.1 Å². The van der Waals surface area contributed by atoms with Crippen LogP contribution in [-0.2, 0) is 42.9 Å². The van der Waals surface area contributed by atoms with Gasteiger partial charge in [-0.05, 0) is 32.2 Å². The summed E-state index contributed by atoms with van der Waals surface area (Å²) in [6, 6.07) is -1.01. The fourth-order valence-electron chi connectivity index (χ4n) is 3.97. The Labute approximate surface area is 195 Å². The SMILES string of the molecule is CC(=O)NC1C(OC(C)(C)CC(C)(C)CN)OC(COC(C)=O)C(OC(C)=O)C1OC(C)=O. The predicted octanol–water partition coefficient (Wildman–Crippen LogP) is 0.813. The maximum absolute atomic E-state index is 12.0. The lowest BCUT2D eigenvalue weighted by Gasteiger charge is -2.47. The molecule has 190 valence electrons. The maximum atomic E-state index is 12.0. The Bertz CT molecular complexity index is 723. The molecule has 0 spiro atoms. The van der Waals surface area contributed by atoms with Gasteiger partial charge in [-0.15, -0.1) is 0 Å². The lowest BCUT2D eigenvalue weighted by molar-refractivity contribution is -0.302. The van der Waals surface area contributed by atoms with Crippen molar-refractivity contribution in [3.63, 3.8) is 0 Å². The third kappa shape index (κ3) is 9.65. The molecule has 1 heterocycles. The van der Waals surface area contributed by atoms with Crippen molar-refractivity contribution in [3.8, 4) is 0 Å². The number of rotatable bonds is 10. The number of carbonyl (C=O) groups is 4. The molecule has 33 heavy (non-hydrogen) atoms. The molecule has 0 aliphatic carbocycles. The highest BCUT2D eigenvalue weighted by Gasteiger charge is 2.52. The van der Waals surface area contributed by atoms with Crippen molar-refractivity contribution >= 4 is 23.8 Å². The molecule has 0 aromatic heterocycles. The van der Waals surface area contributed by atoms with Gasteiger partial charge >= 0.3 is 17.9 Å². The van der Waals surface area contributed by atoms with E-state index in [1.807, 2.05) is 27.7 Å². The second-order valence-corrected chi connectivity index (χ2v) is 9.64. The van der Waals surface area contributed by atoms with Crippen molar-refractivity contribution in [1.29, 1.82) is 0 Å². The summed E-state index contributed by atoms with van der Waals surface area (Å²) in [6.07, 6.45) is -3.91. The summed E-state index contributed by atoms with van der Waals surface area (Å²) < 4.78 is 28.3. The van der Waals surface area contributed by atoms with Crippen LogP contribution >= 0.6 is 0 Å². The Kier molecular flexibility index (Phi) is 10.3. The molecule has 5 unspecified atom stereocenters. The molecule has 5 atom stereocenters. The fourth-order valence-corrected chi connectivity index (χ4v) is 3.97. The van der Waals surface area contributed by atoms with Gasteiger partial charge in [0.1, 0.15) is 18.8 Å². The topological polar surface area (TPSA) is 152 Å². The normalized spacial score (nSPS) is 25.7. The molecule has 0 saturated carbocycles. The molecule has 1 aliphatic heterocycles. The zero-order valence-corrected chi connectivity index (χ0v) is 20.8. The minimum absolute atomic E-state index is 0.256. The molecule has 1 fully saturated rings. The Hall–Kier alpha value is -2.24. The maximum Gasteiger partial charge on any atom is 0.303 e. The Morgan fingerprint density at radius 2 is 1.45 bits per heavy atom. The third-order valence-corrected chi connectivity index (χ3v) is 4.96. The van der Waals surface area contributed by atoms with E-state index in [9.17, 15) is 19.2 Å². The number of carbonyl (C=O) groups excluding carboxylic acids is 4. The molecule has 1 saturated heterocycles. The highest BCUT2D eigenvalue weighted by molar-refractivity contribution is 5.73. The van der Waals surface area contributed by atoms with Gasteiger partial charge in [-0.3, -0.25) is 19.2 Å². The van der Waals surface area contributed by atoms with Crippen molar-refractivity contribution in [1.82, 2.24) is 5.32 Å². The average molecular weight is 475 g/mol. The van der Waals surface area contributed by atoms with Gasteiger partial charge in [0, 0.05) is 27.7 Å². The molecular formula is C22H38N2O9. The van der Waals surface area contributed by atoms with E-state index >= 15 is 0 Å². The number of nitrogens with one attached hydrogen (secondary N) is 1. The van der Waals surface area contributed by atoms with Crippen molar-refractivity contribution in [2.45, 2.75) is 98.1 Å². The van der Waals surface area contributed by atoms with Crippen molar-refractivity contribution < 1.29 is 42.9 Å². The number of hydrogen-bond acceptors (Lipinski definition) is 10. The number of hydrogen-bond donors (Lipinski definition) is 2. The first-order chi connectivity index (χ1) is 15.1. The van der Waals surface area contributed by atoms with Crippen molar-refractivity contribution in [2.75, 3.05) is 13.2 Å².